The summed E-state index contributed by atoms with van der Waals surface area (Å²) in [4.78, 5) is 27.2. The van der Waals surface area contributed by atoms with Crippen LogP contribution in [0.25, 0.3) is 0 Å². The van der Waals surface area contributed by atoms with Crippen LogP contribution in [0.2, 0.25) is 5.02 Å². The van der Waals surface area contributed by atoms with Crippen molar-refractivity contribution in [1.29, 1.82) is 0 Å². The Morgan fingerprint density at radius 2 is 1.70 bits per heavy atom. The molecule has 1 saturated carbocycles. The van der Waals surface area contributed by atoms with Gasteiger partial charge in [0.15, 0.2) is 0 Å². The summed E-state index contributed by atoms with van der Waals surface area (Å²) in [6.45, 7) is 8.72. The minimum atomic E-state index is -0.0931. The highest BCUT2D eigenvalue weighted by Crippen LogP contribution is 2.29. The van der Waals surface area contributed by atoms with Gasteiger partial charge in [-0.05, 0) is 74.9 Å². The lowest BCUT2D eigenvalue weighted by Crippen LogP contribution is -2.37. The molecule has 0 aliphatic heterocycles. The average Bonchev–Trinajstić information content (AvgIpc) is 3.50. The Morgan fingerprint density at radius 3 is 2.37 bits per heavy atom. The Labute approximate surface area is 183 Å². The number of carbonyl (C=O) groups excluding carboxylic acids is 2. The molecular formula is C24H30ClN3O2. The fourth-order valence-corrected chi connectivity index (χ4v) is 3.96. The van der Waals surface area contributed by atoms with E-state index in [1.165, 1.54) is 0 Å². The molecule has 0 unspecified atom stereocenters. The third-order valence-electron chi connectivity index (χ3n) is 5.40. The monoisotopic (exact) mass is 427 g/mol. The quantitative estimate of drug-likeness (QED) is 0.622. The van der Waals surface area contributed by atoms with Gasteiger partial charge in [0.05, 0.1) is 17.3 Å². The van der Waals surface area contributed by atoms with Crippen LogP contribution in [0.15, 0.2) is 30.3 Å². The van der Waals surface area contributed by atoms with Crippen LogP contribution in [-0.4, -0.2) is 35.8 Å². The van der Waals surface area contributed by atoms with Crippen LogP contribution in [0.4, 0.5) is 11.4 Å². The predicted octanol–water partition coefficient (Wildman–Crippen LogP) is 5.01. The van der Waals surface area contributed by atoms with Gasteiger partial charge in [0, 0.05) is 24.7 Å². The molecule has 0 bridgehead atoms. The largest absolute Gasteiger partial charge is 0.325 e. The van der Waals surface area contributed by atoms with E-state index >= 15 is 0 Å². The molecule has 30 heavy (non-hydrogen) atoms. The van der Waals surface area contributed by atoms with Gasteiger partial charge >= 0.3 is 0 Å². The number of carbonyl (C=O) groups is 2. The van der Waals surface area contributed by atoms with E-state index in [0.29, 0.717) is 29.7 Å². The van der Waals surface area contributed by atoms with Crippen LogP contribution >= 0.6 is 11.6 Å². The van der Waals surface area contributed by atoms with Crippen molar-refractivity contribution in [2.45, 2.75) is 53.0 Å². The van der Waals surface area contributed by atoms with Gasteiger partial charge in [0.25, 0.3) is 0 Å². The molecule has 160 valence electrons. The predicted molar refractivity (Wildman–Crippen MR) is 123 cm³/mol. The molecule has 0 atom stereocenters. The van der Waals surface area contributed by atoms with Crippen molar-refractivity contribution >= 4 is 34.8 Å². The van der Waals surface area contributed by atoms with Crippen LogP contribution in [0.3, 0.4) is 0 Å². The molecule has 1 fully saturated rings. The molecule has 0 heterocycles. The number of benzene rings is 2. The van der Waals surface area contributed by atoms with E-state index in [-0.39, 0.29) is 18.4 Å². The molecule has 2 N–H and O–H groups in total. The van der Waals surface area contributed by atoms with E-state index in [1.807, 2.05) is 58.0 Å². The van der Waals surface area contributed by atoms with Crippen molar-refractivity contribution in [3.8, 4) is 0 Å². The molecule has 2 aromatic rings. The molecule has 2 amide bonds. The van der Waals surface area contributed by atoms with Gasteiger partial charge in [-0.2, -0.15) is 0 Å². The minimum absolute atomic E-state index is 0.0477. The van der Waals surface area contributed by atoms with E-state index in [1.54, 1.807) is 0 Å². The Morgan fingerprint density at radius 1 is 0.967 bits per heavy atom. The lowest BCUT2D eigenvalue weighted by Gasteiger charge is -2.22. The molecule has 2 aromatic carbocycles. The zero-order valence-electron chi connectivity index (χ0n) is 18.1. The van der Waals surface area contributed by atoms with Gasteiger partial charge in [0.1, 0.15) is 0 Å². The van der Waals surface area contributed by atoms with Crippen LogP contribution in [0.1, 0.15) is 41.5 Å². The van der Waals surface area contributed by atoms with Gasteiger partial charge < -0.3 is 10.6 Å². The number of hydrogen-bond acceptors (Lipinski definition) is 3. The maximum absolute atomic E-state index is 12.6. The van der Waals surface area contributed by atoms with Gasteiger partial charge in [-0.1, -0.05) is 29.8 Å². The standard InChI is InChI=1S/C24H30ClN3O2/c1-15-5-6-17(3)21(13-15)26-23(30)14-28(19-7-8-19)10-9-22(29)27-24-18(4)11-16(2)12-20(24)25/h5-6,11-13,19H,7-10,14H2,1-4H3,(H,26,30)(H,27,29). The van der Waals surface area contributed by atoms with E-state index in [4.69, 9.17) is 11.6 Å². The maximum Gasteiger partial charge on any atom is 0.238 e. The van der Waals surface area contributed by atoms with E-state index < -0.39 is 0 Å². The number of halogens is 1. The normalized spacial score (nSPS) is 13.4. The van der Waals surface area contributed by atoms with Crippen molar-refractivity contribution in [3.05, 3.63) is 57.6 Å². The molecule has 0 saturated heterocycles. The van der Waals surface area contributed by atoms with Crippen LogP contribution in [0, 0.1) is 27.7 Å². The third kappa shape index (κ3) is 6.07. The van der Waals surface area contributed by atoms with Crippen LogP contribution in [-0.2, 0) is 9.59 Å². The third-order valence-corrected chi connectivity index (χ3v) is 5.70. The molecule has 1 aliphatic carbocycles. The van der Waals surface area contributed by atoms with Crippen molar-refractivity contribution < 1.29 is 9.59 Å². The second-order valence-electron chi connectivity index (χ2n) is 8.31. The van der Waals surface area contributed by atoms with Crippen molar-refractivity contribution in [1.82, 2.24) is 4.90 Å². The van der Waals surface area contributed by atoms with Gasteiger partial charge in [-0.15, -0.1) is 0 Å². The number of anilines is 2. The Hall–Kier alpha value is -2.37. The molecule has 0 aromatic heterocycles. The second kappa shape index (κ2) is 9.63. The number of nitrogens with one attached hydrogen (secondary N) is 2. The Kier molecular flexibility index (Phi) is 7.16. The zero-order valence-corrected chi connectivity index (χ0v) is 18.9. The van der Waals surface area contributed by atoms with E-state index in [2.05, 4.69) is 15.5 Å². The minimum Gasteiger partial charge on any atom is -0.325 e. The number of amides is 2. The van der Waals surface area contributed by atoms with E-state index in [9.17, 15) is 9.59 Å². The Bertz CT molecular complexity index is 930. The lowest BCUT2D eigenvalue weighted by molar-refractivity contribution is -0.119. The first-order valence-electron chi connectivity index (χ1n) is 10.4. The van der Waals surface area contributed by atoms with Crippen molar-refractivity contribution in [3.63, 3.8) is 0 Å². The molecule has 1 aliphatic rings. The molecule has 0 radical (unpaired) electrons. The lowest BCUT2D eigenvalue weighted by atomic mass is 10.1. The summed E-state index contributed by atoms with van der Waals surface area (Å²) in [6.07, 6.45) is 2.46. The number of nitrogens with zero attached hydrogens (tertiary/aromatic N) is 1. The highest BCUT2D eigenvalue weighted by Gasteiger charge is 2.30. The molecule has 3 rings (SSSR count). The first-order valence-corrected chi connectivity index (χ1v) is 10.8. The van der Waals surface area contributed by atoms with Crippen molar-refractivity contribution in [2.24, 2.45) is 0 Å². The SMILES string of the molecule is Cc1cc(C)c(NC(=O)CCN(CC(=O)Nc2cc(C)ccc2C)C2CC2)c(Cl)c1. The summed E-state index contributed by atoms with van der Waals surface area (Å²) in [5, 5.41) is 6.49. The fraction of sp³-hybridized carbons (Fsp3) is 0.417. The van der Waals surface area contributed by atoms with Gasteiger partial charge in [0.2, 0.25) is 11.8 Å². The molecule has 5 nitrogen and oxygen atoms in total. The van der Waals surface area contributed by atoms with Crippen molar-refractivity contribution in [2.75, 3.05) is 23.7 Å². The summed E-state index contributed by atoms with van der Waals surface area (Å²) in [5.74, 6) is -0.141. The van der Waals surface area contributed by atoms with Crippen LogP contribution < -0.4 is 10.6 Å². The summed E-state index contributed by atoms with van der Waals surface area (Å²) in [5.41, 5.74) is 5.66. The number of hydrogen-bond donors (Lipinski definition) is 2. The van der Waals surface area contributed by atoms with Crippen LogP contribution in [0.5, 0.6) is 0 Å². The van der Waals surface area contributed by atoms with Gasteiger partial charge in [-0.25, -0.2) is 0 Å². The summed E-state index contributed by atoms with van der Waals surface area (Å²) >= 11 is 6.29. The first-order chi connectivity index (χ1) is 14.2. The van der Waals surface area contributed by atoms with E-state index in [0.717, 1.165) is 40.8 Å². The second-order valence-corrected chi connectivity index (χ2v) is 8.71. The maximum atomic E-state index is 12.6. The molecule has 6 heteroatoms. The first kappa shape index (κ1) is 22.3. The fourth-order valence-electron chi connectivity index (χ4n) is 3.60. The average molecular weight is 428 g/mol. The summed E-state index contributed by atoms with van der Waals surface area (Å²) < 4.78 is 0. The number of aryl methyl sites for hydroxylation is 4. The summed E-state index contributed by atoms with van der Waals surface area (Å²) in [7, 11) is 0. The highest BCUT2D eigenvalue weighted by atomic mass is 35.5. The summed E-state index contributed by atoms with van der Waals surface area (Å²) in [6, 6.07) is 10.2. The topological polar surface area (TPSA) is 61.4 Å². The molecule has 0 spiro atoms. The Balaban J connectivity index is 1.55. The smallest absolute Gasteiger partial charge is 0.238 e. The highest BCUT2D eigenvalue weighted by molar-refractivity contribution is 6.34. The van der Waals surface area contributed by atoms with Gasteiger partial charge in [-0.3, -0.25) is 14.5 Å². The molecular weight excluding hydrogens is 398 g/mol. The number of rotatable bonds is 8. The zero-order chi connectivity index (χ0) is 21.8.